The highest BCUT2D eigenvalue weighted by atomic mass is 16.5. The largest absolute Gasteiger partial charge is 0.466 e. The second kappa shape index (κ2) is 6.24. The van der Waals surface area contributed by atoms with Crippen LogP contribution in [-0.4, -0.2) is 24.7 Å². The molecule has 4 unspecified atom stereocenters. The first-order valence-electron chi connectivity index (χ1n) is 6.46. The Hall–Kier alpha value is -0.570. The lowest BCUT2D eigenvalue weighted by atomic mass is 9.97. The van der Waals surface area contributed by atoms with Crippen molar-refractivity contribution in [2.45, 2.75) is 59.0 Å². The third kappa shape index (κ3) is 3.78. The zero-order valence-electron chi connectivity index (χ0n) is 11.0. The van der Waals surface area contributed by atoms with E-state index < -0.39 is 0 Å². The lowest BCUT2D eigenvalue weighted by Gasteiger charge is -2.23. The van der Waals surface area contributed by atoms with Crippen LogP contribution in [0.2, 0.25) is 0 Å². The van der Waals surface area contributed by atoms with Crippen molar-refractivity contribution in [3.8, 4) is 0 Å². The molecule has 0 spiro atoms. The summed E-state index contributed by atoms with van der Waals surface area (Å²) in [5, 5.41) is 3.55. The molecule has 1 rings (SSSR count). The molecule has 3 nitrogen and oxygen atoms in total. The molecule has 94 valence electrons. The maximum Gasteiger partial charge on any atom is 0.307 e. The maximum absolute atomic E-state index is 11.3. The molecule has 1 N–H and O–H groups in total. The Balaban J connectivity index is 2.29. The van der Waals surface area contributed by atoms with Gasteiger partial charge in [-0.05, 0) is 38.5 Å². The summed E-state index contributed by atoms with van der Waals surface area (Å²) in [5.41, 5.74) is 0. The van der Waals surface area contributed by atoms with Crippen LogP contribution in [0.15, 0.2) is 0 Å². The molecule has 0 heterocycles. The first kappa shape index (κ1) is 13.5. The van der Waals surface area contributed by atoms with Crippen molar-refractivity contribution in [2.75, 3.05) is 6.61 Å². The molecule has 0 bridgehead atoms. The van der Waals surface area contributed by atoms with Crippen molar-refractivity contribution in [2.24, 2.45) is 11.8 Å². The van der Waals surface area contributed by atoms with Gasteiger partial charge in [0.15, 0.2) is 0 Å². The highest BCUT2D eigenvalue weighted by Gasteiger charge is 2.30. The van der Waals surface area contributed by atoms with Crippen LogP contribution >= 0.6 is 0 Å². The van der Waals surface area contributed by atoms with Crippen LogP contribution in [0.3, 0.4) is 0 Å². The molecule has 0 aromatic carbocycles. The summed E-state index contributed by atoms with van der Waals surface area (Å²) in [4.78, 5) is 11.3. The number of nitrogens with one attached hydrogen (secondary N) is 1. The normalized spacial score (nSPS) is 31.4. The number of carbonyl (C=O) groups excluding carboxylic acids is 1. The minimum atomic E-state index is -0.0961. The maximum atomic E-state index is 11.3. The average Bonchev–Trinajstić information content (AvgIpc) is 2.50. The van der Waals surface area contributed by atoms with Gasteiger partial charge in [0.1, 0.15) is 0 Å². The molecule has 0 aromatic rings. The minimum absolute atomic E-state index is 0.0961. The predicted octanol–water partition coefficient (Wildman–Crippen LogP) is 2.35. The molecule has 1 aliphatic rings. The first-order chi connectivity index (χ1) is 7.54. The Kier molecular flexibility index (Phi) is 5.26. The smallest absolute Gasteiger partial charge is 0.307 e. The standard InChI is InChI=1S/C13H25NO2/c1-5-16-13(15)8-10(3)14-12-7-6-9(2)11(12)4/h9-12,14H,5-8H2,1-4H3. The van der Waals surface area contributed by atoms with E-state index in [1.807, 2.05) is 6.92 Å². The van der Waals surface area contributed by atoms with E-state index in [-0.39, 0.29) is 12.0 Å². The molecule has 0 amide bonds. The summed E-state index contributed by atoms with van der Waals surface area (Å²) in [6.07, 6.45) is 3.01. The van der Waals surface area contributed by atoms with Gasteiger partial charge in [0.2, 0.25) is 0 Å². The van der Waals surface area contributed by atoms with Gasteiger partial charge in [-0.15, -0.1) is 0 Å². The molecule has 16 heavy (non-hydrogen) atoms. The molecule has 0 aromatic heterocycles. The number of hydrogen-bond acceptors (Lipinski definition) is 3. The van der Waals surface area contributed by atoms with Gasteiger partial charge in [0.25, 0.3) is 0 Å². The van der Waals surface area contributed by atoms with Crippen LogP contribution in [0.4, 0.5) is 0 Å². The Morgan fingerprint density at radius 3 is 2.62 bits per heavy atom. The molecule has 4 atom stereocenters. The van der Waals surface area contributed by atoms with Crippen LogP contribution in [0, 0.1) is 11.8 Å². The van der Waals surface area contributed by atoms with Crippen molar-refractivity contribution < 1.29 is 9.53 Å². The average molecular weight is 227 g/mol. The first-order valence-corrected chi connectivity index (χ1v) is 6.46. The SMILES string of the molecule is CCOC(=O)CC(C)NC1CCC(C)C1C. The van der Waals surface area contributed by atoms with Gasteiger partial charge in [-0.25, -0.2) is 0 Å². The summed E-state index contributed by atoms with van der Waals surface area (Å²) < 4.78 is 4.95. The molecule has 1 saturated carbocycles. The van der Waals surface area contributed by atoms with E-state index in [4.69, 9.17) is 4.74 Å². The zero-order valence-corrected chi connectivity index (χ0v) is 11.0. The van der Waals surface area contributed by atoms with Crippen LogP contribution in [0.25, 0.3) is 0 Å². The summed E-state index contributed by atoms with van der Waals surface area (Å²) in [6.45, 7) is 8.99. The van der Waals surface area contributed by atoms with Crippen LogP contribution in [-0.2, 0) is 9.53 Å². The van der Waals surface area contributed by atoms with Gasteiger partial charge in [0.05, 0.1) is 13.0 Å². The number of ether oxygens (including phenoxy) is 1. The molecule has 1 aliphatic carbocycles. The lowest BCUT2D eigenvalue weighted by molar-refractivity contribution is -0.143. The third-order valence-corrected chi connectivity index (χ3v) is 3.74. The fraction of sp³-hybridized carbons (Fsp3) is 0.923. The van der Waals surface area contributed by atoms with Crippen molar-refractivity contribution in [1.82, 2.24) is 5.32 Å². The van der Waals surface area contributed by atoms with Gasteiger partial charge in [-0.2, -0.15) is 0 Å². The second-order valence-electron chi connectivity index (χ2n) is 5.10. The van der Waals surface area contributed by atoms with Crippen LogP contribution in [0.1, 0.15) is 47.0 Å². The summed E-state index contributed by atoms with van der Waals surface area (Å²) >= 11 is 0. The van der Waals surface area contributed by atoms with Crippen LogP contribution in [0.5, 0.6) is 0 Å². The number of hydrogen-bond donors (Lipinski definition) is 1. The van der Waals surface area contributed by atoms with Crippen molar-refractivity contribution in [3.05, 3.63) is 0 Å². The Morgan fingerprint density at radius 2 is 2.12 bits per heavy atom. The molecule has 1 fully saturated rings. The van der Waals surface area contributed by atoms with E-state index >= 15 is 0 Å². The van der Waals surface area contributed by atoms with E-state index in [9.17, 15) is 4.79 Å². The summed E-state index contributed by atoms with van der Waals surface area (Å²) in [6, 6.07) is 0.788. The van der Waals surface area contributed by atoms with Gasteiger partial charge < -0.3 is 10.1 Å². The monoisotopic (exact) mass is 227 g/mol. The van der Waals surface area contributed by atoms with E-state index in [1.54, 1.807) is 0 Å². The zero-order chi connectivity index (χ0) is 12.1. The topological polar surface area (TPSA) is 38.3 Å². The fourth-order valence-electron chi connectivity index (χ4n) is 2.49. The summed E-state index contributed by atoms with van der Waals surface area (Å²) in [7, 11) is 0. The highest BCUT2D eigenvalue weighted by molar-refractivity contribution is 5.70. The predicted molar refractivity (Wildman–Crippen MR) is 65.2 cm³/mol. The molecule has 0 radical (unpaired) electrons. The fourth-order valence-corrected chi connectivity index (χ4v) is 2.49. The van der Waals surface area contributed by atoms with Gasteiger partial charge in [0, 0.05) is 12.1 Å². The summed E-state index contributed by atoms with van der Waals surface area (Å²) in [5.74, 6) is 1.41. The van der Waals surface area contributed by atoms with E-state index in [1.165, 1.54) is 12.8 Å². The Bertz CT molecular complexity index is 230. The molecule has 3 heteroatoms. The minimum Gasteiger partial charge on any atom is -0.466 e. The molecular formula is C13H25NO2. The van der Waals surface area contributed by atoms with E-state index in [0.717, 1.165) is 5.92 Å². The number of esters is 1. The lowest BCUT2D eigenvalue weighted by Crippen LogP contribution is -2.40. The highest BCUT2D eigenvalue weighted by Crippen LogP contribution is 2.31. The third-order valence-electron chi connectivity index (χ3n) is 3.74. The Labute approximate surface area is 98.9 Å². The van der Waals surface area contributed by atoms with Crippen molar-refractivity contribution >= 4 is 5.97 Å². The van der Waals surface area contributed by atoms with Gasteiger partial charge in [-0.3, -0.25) is 4.79 Å². The van der Waals surface area contributed by atoms with E-state index in [0.29, 0.717) is 25.0 Å². The molecular weight excluding hydrogens is 202 g/mol. The number of rotatable bonds is 5. The van der Waals surface area contributed by atoms with Crippen LogP contribution < -0.4 is 5.32 Å². The Morgan fingerprint density at radius 1 is 1.44 bits per heavy atom. The van der Waals surface area contributed by atoms with Gasteiger partial charge >= 0.3 is 5.97 Å². The van der Waals surface area contributed by atoms with Crippen molar-refractivity contribution in [3.63, 3.8) is 0 Å². The second-order valence-corrected chi connectivity index (χ2v) is 5.10. The van der Waals surface area contributed by atoms with E-state index in [2.05, 4.69) is 26.1 Å². The van der Waals surface area contributed by atoms with Crippen molar-refractivity contribution in [1.29, 1.82) is 0 Å². The quantitative estimate of drug-likeness (QED) is 0.733. The van der Waals surface area contributed by atoms with Gasteiger partial charge in [-0.1, -0.05) is 13.8 Å². The number of carbonyl (C=O) groups is 1. The molecule has 0 saturated heterocycles. The molecule has 0 aliphatic heterocycles.